The van der Waals surface area contributed by atoms with Gasteiger partial charge in [-0.3, -0.25) is 0 Å². The number of hydrogen-bond donors (Lipinski definition) is 1. The Morgan fingerprint density at radius 1 is 1.12 bits per heavy atom. The number of rotatable bonds is 2. The molecular formula is C14H19NO. The molecule has 2 fully saturated rings. The van der Waals surface area contributed by atoms with E-state index in [2.05, 4.69) is 12.1 Å². The van der Waals surface area contributed by atoms with Gasteiger partial charge in [-0.25, -0.2) is 0 Å². The molecule has 2 nitrogen and oxygen atoms in total. The third kappa shape index (κ3) is 1.29. The Balaban J connectivity index is 1.86. The first kappa shape index (κ1) is 10.2. The third-order valence-corrected chi connectivity index (χ3v) is 4.47. The zero-order valence-corrected chi connectivity index (χ0v) is 9.78. The van der Waals surface area contributed by atoms with E-state index in [1.54, 1.807) is 7.11 Å². The average Bonchev–Trinajstić information content (AvgIpc) is 2.98. The standard InChI is InChI=1S/C14H19NO/c1-16-11-8-6-10(7-9-11)14(15)12-4-2-3-5-13(12)14/h6-9,12-13H,2-5,15H2,1H3. The van der Waals surface area contributed by atoms with Crippen LogP contribution in [0.5, 0.6) is 5.75 Å². The second kappa shape index (κ2) is 3.49. The number of methoxy groups -OCH3 is 1. The van der Waals surface area contributed by atoms with Gasteiger partial charge in [0.2, 0.25) is 0 Å². The summed E-state index contributed by atoms with van der Waals surface area (Å²) in [6.45, 7) is 0. The van der Waals surface area contributed by atoms with Crippen LogP contribution >= 0.6 is 0 Å². The van der Waals surface area contributed by atoms with Crippen molar-refractivity contribution in [2.45, 2.75) is 31.2 Å². The molecule has 2 atom stereocenters. The van der Waals surface area contributed by atoms with Crippen molar-refractivity contribution < 1.29 is 4.74 Å². The zero-order chi connectivity index (χ0) is 11.2. The van der Waals surface area contributed by atoms with Gasteiger partial charge in [-0.2, -0.15) is 0 Å². The lowest BCUT2D eigenvalue weighted by atomic mass is 10.0. The minimum Gasteiger partial charge on any atom is -0.497 e. The minimum atomic E-state index is -0.0250. The van der Waals surface area contributed by atoms with Gasteiger partial charge in [0.05, 0.1) is 7.11 Å². The first-order chi connectivity index (χ1) is 7.76. The molecule has 0 spiro atoms. The van der Waals surface area contributed by atoms with Crippen molar-refractivity contribution in [3.8, 4) is 5.75 Å². The first-order valence-electron chi connectivity index (χ1n) is 6.20. The highest BCUT2D eigenvalue weighted by molar-refractivity contribution is 5.38. The molecule has 0 saturated heterocycles. The van der Waals surface area contributed by atoms with Gasteiger partial charge in [0, 0.05) is 5.54 Å². The van der Waals surface area contributed by atoms with Crippen LogP contribution in [0.3, 0.4) is 0 Å². The Kier molecular flexibility index (Phi) is 2.21. The van der Waals surface area contributed by atoms with Gasteiger partial charge in [0.25, 0.3) is 0 Å². The molecule has 0 heterocycles. The lowest BCUT2D eigenvalue weighted by Gasteiger charge is -2.12. The van der Waals surface area contributed by atoms with Crippen LogP contribution in [0.4, 0.5) is 0 Å². The molecule has 0 amide bonds. The van der Waals surface area contributed by atoms with E-state index in [1.807, 2.05) is 12.1 Å². The van der Waals surface area contributed by atoms with E-state index in [4.69, 9.17) is 10.5 Å². The molecule has 0 radical (unpaired) electrons. The van der Waals surface area contributed by atoms with Crippen LogP contribution in [-0.4, -0.2) is 7.11 Å². The normalized spacial score (nSPS) is 36.6. The lowest BCUT2D eigenvalue weighted by molar-refractivity contribution is 0.414. The molecule has 3 rings (SSSR count). The van der Waals surface area contributed by atoms with E-state index < -0.39 is 0 Å². The maximum absolute atomic E-state index is 6.57. The van der Waals surface area contributed by atoms with E-state index >= 15 is 0 Å². The Bertz CT molecular complexity index is 372. The largest absolute Gasteiger partial charge is 0.497 e. The maximum Gasteiger partial charge on any atom is 0.118 e. The zero-order valence-electron chi connectivity index (χ0n) is 9.78. The molecule has 0 aromatic heterocycles. The summed E-state index contributed by atoms with van der Waals surface area (Å²) < 4.78 is 5.18. The maximum atomic E-state index is 6.57. The molecule has 1 aromatic rings. The number of hydrogen-bond acceptors (Lipinski definition) is 2. The van der Waals surface area contributed by atoms with Crippen LogP contribution in [0, 0.1) is 11.8 Å². The summed E-state index contributed by atoms with van der Waals surface area (Å²) in [6, 6.07) is 8.32. The third-order valence-electron chi connectivity index (χ3n) is 4.47. The second-order valence-electron chi connectivity index (χ2n) is 5.16. The Morgan fingerprint density at radius 2 is 1.69 bits per heavy atom. The summed E-state index contributed by atoms with van der Waals surface area (Å²) in [5.74, 6) is 2.38. The van der Waals surface area contributed by atoms with Crippen molar-refractivity contribution in [1.29, 1.82) is 0 Å². The molecule has 2 aliphatic carbocycles. The summed E-state index contributed by atoms with van der Waals surface area (Å²) in [4.78, 5) is 0. The summed E-state index contributed by atoms with van der Waals surface area (Å²) >= 11 is 0. The molecule has 2 aliphatic rings. The summed E-state index contributed by atoms with van der Waals surface area (Å²) in [6.07, 6.45) is 5.34. The van der Waals surface area contributed by atoms with Crippen molar-refractivity contribution >= 4 is 0 Å². The fourth-order valence-corrected chi connectivity index (χ4v) is 3.48. The average molecular weight is 217 g/mol. The van der Waals surface area contributed by atoms with E-state index in [9.17, 15) is 0 Å². The second-order valence-corrected chi connectivity index (χ2v) is 5.16. The van der Waals surface area contributed by atoms with Crippen LogP contribution in [0.2, 0.25) is 0 Å². The smallest absolute Gasteiger partial charge is 0.118 e. The molecular weight excluding hydrogens is 198 g/mol. The van der Waals surface area contributed by atoms with Gasteiger partial charge >= 0.3 is 0 Å². The van der Waals surface area contributed by atoms with Gasteiger partial charge in [0.15, 0.2) is 0 Å². The van der Waals surface area contributed by atoms with Crippen LogP contribution in [0.15, 0.2) is 24.3 Å². The monoisotopic (exact) mass is 217 g/mol. The Labute approximate surface area is 96.8 Å². The summed E-state index contributed by atoms with van der Waals surface area (Å²) in [5.41, 5.74) is 7.84. The van der Waals surface area contributed by atoms with E-state index in [0.29, 0.717) is 0 Å². The van der Waals surface area contributed by atoms with Crippen LogP contribution in [0.25, 0.3) is 0 Å². The molecule has 2 N–H and O–H groups in total. The number of nitrogens with two attached hydrogens (primary N) is 1. The van der Waals surface area contributed by atoms with Crippen LogP contribution < -0.4 is 10.5 Å². The summed E-state index contributed by atoms with van der Waals surface area (Å²) in [5, 5.41) is 0. The molecule has 2 unspecified atom stereocenters. The number of fused-ring (bicyclic) bond motifs is 1. The van der Waals surface area contributed by atoms with Gasteiger partial charge in [-0.05, 0) is 42.4 Å². The van der Waals surface area contributed by atoms with Crippen molar-refractivity contribution in [3.63, 3.8) is 0 Å². The molecule has 2 heteroatoms. The minimum absolute atomic E-state index is 0.0250. The van der Waals surface area contributed by atoms with E-state index in [1.165, 1.54) is 31.2 Å². The number of ether oxygens (including phenoxy) is 1. The quantitative estimate of drug-likeness (QED) is 0.826. The van der Waals surface area contributed by atoms with E-state index in [0.717, 1.165) is 17.6 Å². The molecule has 1 aromatic carbocycles. The fourth-order valence-electron chi connectivity index (χ4n) is 3.48. The Morgan fingerprint density at radius 3 is 2.19 bits per heavy atom. The highest BCUT2D eigenvalue weighted by atomic mass is 16.5. The van der Waals surface area contributed by atoms with Crippen molar-refractivity contribution in [2.75, 3.05) is 7.11 Å². The molecule has 0 aliphatic heterocycles. The van der Waals surface area contributed by atoms with Gasteiger partial charge < -0.3 is 10.5 Å². The van der Waals surface area contributed by atoms with Crippen molar-refractivity contribution in [1.82, 2.24) is 0 Å². The molecule has 2 saturated carbocycles. The highest BCUT2D eigenvalue weighted by Crippen LogP contribution is 2.62. The first-order valence-corrected chi connectivity index (χ1v) is 6.20. The van der Waals surface area contributed by atoms with Crippen molar-refractivity contribution in [3.05, 3.63) is 29.8 Å². The summed E-state index contributed by atoms with van der Waals surface area (Å²) in [7, 11) is 1.70. The van der Waals surface area contributed by atoms with Gasteiger partial charge in [0.1, 0.15) is 5.75 Å². The Hall–Kier alpha value is -1.02. The van der Waals surface area contributed by atoms with Gasteiger partial charge in [-0.15, -0.1) is 0 Å². The topological polar surface area (TPSA) is 35.2 Å². The highest BCUT2D eigenvalue weighted by Gasteiger charge is 2.62. The fraction of sp³-hybridized carbons (Fsp3) is 0.571. The predicted octanol–water partition coefficient (Wildman–Crippen LogP) is 2.67. The molecule has 86 valence electrons. The van der Waals surface area contributed by atoms with Crippen LogP contribution in [0.1, 0.15) is 31.2 Å². The van der Waals surface area contributed by atoms with E-state index in [-0.39, 0.29) is 5.54 Å². The SMILES string of the molecule is COc1ccc(C2(N)C3CCCCC32)cc1. The molecule has 0 bridgehead atoms. The van der Waals surface area contributed by atoms with Crippen LogP contribution in [-0.2, 0) is 5.54 Å². The molecule has 16 heavy (non-hydrogen) atoms. The van der Waals surface area contributed by atoms with Crippen molar-refractivity contribution in [2.24, 2.45) is 17.6 Å². The predicted molar refractivity (Wildman–Crippen MR) is 64.3 cm³/mol. The number of benzene rings is 1. The lowest BCUT2D eigenvalue weighted by Crippen LogP contribution is -2.23. The van der Waals surface area contributed by atoms with Gasteiger partial charge in [-0.1, -0.05) is 25.0 Å².